The van der Waals surface area contributed by atoms with E-state index in [-0.39, 0.29) is 5.56 Å². The van der Waals surface area contributed by atoms with Gasteiger partial charge in [-0.25, -0.2) is 0 Å². The van der Waals surface area contributed by atoms with Crippen LogP contribution in [-0.2, 0) is 0 Å². The number of thioether (sulfide) groups is 1. The highest BCUT2D eigenvalue weighted by atomic mass is 32.2. The first-order valence-corrected chi connectivity index (χ1v) is 10.5. The fourth-order valence-electron chi connectivity index (χ4n) is 3.56. The minimum absolute atomic E-state index is 0.0237. The summed E-state index contributed by atoms with van der Waals surface area (Å²) in [6, 6.07) is 7.45. The third-order valence-corrected chi connectivity index (χ3v) is 6.08. The smallest absolute Gasteiger partial charge is 0.261 e. The lowest BCUT2D eigenvalue weighted by Gasteiger charge is -2.28. The molecule has 1 aromatic carbocycles. The molecule has 1 aliphatic heterocycles. The maximum atomic E-state index is 12.2. The van der Waals surface area contributed by atoms with Crippen LogP contribution in [0, 0.1) is 0 Å². The minimum atomic E-state index is -0.723. The molecule has 1 fully saturated rings. The van der Waals surface area contributed by atoms with Gasteiger partial charge in [0.05, 0.1) is 11.2 Å². The molecule has 0 saturated heterocycles. The number of fused-ring (bicyclic) bond motifs is 1. The standard InChI is InChI=1S/C17H16N4O2.C4H6S/c18-16(22)12-8-10-4-5-11(9-2-1-3-9)14(13-6-7-19-21-13)15(10)20-17(12)23;1-2-4-5-3-1/h4-9H,1-3H2,(H2,18,22)(H,19,21)(H,20,23);1,3H,2,4H2. The van der Waals surface area contributed by atoms with Crippen molar-refractivity contribution in [3.63, 3.8) is 0 Å². The van der Waals surface area contributed by atoms with Crippen molar-refractivity contribution in [2.24, 2.45) is 5.73 Å². The van der Waals surface area contributed by atoms with Crippen LogP contribution in [0.3, 0.4) is 0 Å². The number of allylic oxidation sites excluding steroid dienone is 1. The average Bonchev–Trinajstić information content (AvgIpc) is 3.36. The highest BCUT2D eigenvalue weighted by Crippen LogP contribution is 2.42. The maximum Gasteiger partial charge on any atom is 0.261 e. The van der Waals surface area contributed by atoms with Gasteiger partial charge in [0, 0.05) is 17.5 Å². The Labute approximate surface area is 166 Å². The monoisotopic (exact) mass is 394 g/mol. The fraction of sp³-hybridized carbons (Fsp3) is 0.286. The van der Waals surface area contributed by atoms with Gasteiger partial charge in [0.2, 0.25) is 0 Å². The van der Waals surface area contributed by atoms with Gasteiger partial charge in [-0.05, 0) is 53.7 Å². The second-order valence-corrected chi connectivity index (χ2v) is 8.01. The molecule has 7 heteroatoms. The van der Waals surface area contributed by atoms with Crippen LogP contribution in [-0.4, -0.2) is 26.8 Å². The number of pyridine rings is 1. The molecule has 1 amide bonds. The zero-order valence-corrected chi connectivity index (χ0v) is 16.2. The summed E-state index contributed by atoms with van der Waals surface area (Å²) in [7, 11) is 0. The van der Waals surface area contributed by atoms with Gasteiger partial charge in [-0.15, -0.1) is 11.8 Å². The van der Waals surface area contributed by atoms with Crippen molar-refractivity contribution in [3.8, 4) is 11.3 Å². The molecule has 5 rings (SSSR count). The number of carbonyl (C=O) groups excluding carboxylic acids is 1. The maximum absolute atomic E-state index is 12.2. The van der Waals surface area contributed by atoms with Crippen LogP contribution in [0.1, 0.15) is 47.5 Å². The molecule has 2 aromatic heterocycles. The van der Waals surface area contributed by atoms with E-state index in [1.54, 1.807) is 12.3 Å². The fourth-order valence-corrected chi connectivity index (χ4v) is 4.24. The largest absolute Gasteiger partial charge is 0.365 e. The molecular weight excluding hydrogens is 372 g/mol. The summed E-state index contributed by atoms with van der Waals surface area (Å²) >= 11 is 1.89. The molecule has 0 spiro atoms. The summed E-state index contributed by atoms with van der Waals surface area (Å²) in [6.45, 7) is 0. The molecule has 144 valence electrons. The van der Waals surface area contributed by atoms with E-state index >= 15 is 0 Å². The summed E-state index contributed by atoms with van der Waals surface area (Å²) in [4.78, 5) is 26.4. The van der Waals surface area contributed by atoms with Crippen molar-refractivity contribution in [1.82, 2.24) is 15.2 Å². The van der Waals surface area contributed by atoms with Crippen molar-refractivity contribution >= 4 is 28.6 Å². The molecule has 1 saturated carbocycles. The van der Waals surface area contributed by atoms with Crippen LogP contribution in [0.2, 0.25) is 0 Å². The van der Waals surface area contributed by atoms with Gasteiger partial charge in [0.15, 0.2) is 0 Å². The van der Waals surface area contributed by atoms with Crippen LogP contribution in [0.25, 0.3) is 22.2 Å². The first-order valence-electron chi connectivity index (χ1n) is 9.41. The number of hydrogen-bond acceptors (Lipinski definition) is 4. The normalized spacial score (nSPS) is 15.9. The highest BCUT2D eigenvalue weighted by Gasteiger charge is 2.25. The summed E-state index contributed by atoms with van der Waals surface area (Å²) in [5.41, 5.74) is 8.52. The van der Waals surface area contributed by atoms with Gasteiger partial charge in [0.25, 0.3) is 11.5 Å². The number of benzene rings is 1. The van der Waals surface area contributed by atoms with Gasteiger partial charge in [-0.1, -0.05) is 24.6 Å². The number of hydrogen-bond donors (Lipinski definition) is 3. The molecule has 0 bridgehead atoms. The molecule has 3 aromatic rings. The van der Waals surface area contributed by atoms with E-state index in [1.165, 1.54) is 24.2 Å². The molecule has 0 radical (unpaired) electrons. The quantitative estimate of drug-likeness (QED) is 0.626. The number of aromatic amines is 2. The van der Waals surface area contributed by atoms with Gasteiger partial charge >= 0.3 is 0 Å². The number of rotatable bonds is 3. The van der Waals surface area contributed by atoms with Crippen molar-refractivity contribution in [2.45, 2.75) is 31.6 Å². The Bertz CT molecular complexity index is 1080. The predicted octanol–water partition coefficient (Wildman–Crippen LogP) is 3.92. The van der Waals surface area contributed by atoms with Crippen molar-refractivity contribution in [3.05, 3.63) is 63.4 Å². The number of nitrogens with two attached hydrogens (primary N) is 1. The minimum Gasteiger partial charge on any atom is -0.365 e. The Morgan fingerprint density at radius 1 is 1.25 bits per heavy atom. The zero-order chi connectivity index (χ0) is 19.5. The molecule has 28 heavy (non-hydrogen) atoms. The lowest BCUT2D eigenvalue weighted by Crippen LogP contribution is -2.23. The average molecular weight is 395 g/mol. The van der Waals surface area contributed by atoms with E-state index < -0.39 is 11.5 Å². The number of H-pyrrole nitrogens is 2. The highest BCUT2D eigenvalue weighted by molar-refractivity contribution is 8.02. The Kier molecular flexibility index (Phi) is 5.34. The summed E-state index contributed by atoms with van der Waals surface area (Å²) in [6.07, 6.45) is 8.69. The van der Waals surface area contributed by atoms with Crippen LogP contribution in [0.15, 0.2) is 46.7 Å². The molecule has 2 aliphatic rings. The molecular formula is C21H22N4O2S. The third kappa shape index (κ3) is 3.62. The molecule has 1 aliphatic carbocycles. The van der Waals surface area contributed by atoms with Crippen molar-refractivity contribution in [1.29, 1.82) is 0 Å². The molecule has 3 heterocycles. The topological polar surface area (TPSA) is 105 Å². The van der Waals surface area contributed by atoms with Crippen molar-refractivity contribution < 1.29 is 4.79 Å². The van der Waals surface area contributed by atoms with Gasteiger partial charge in [-0.3, -0.25) is 14.7 Å². The second-order valence-electron chi connectivity index (χ2n) is 7.00. The van der Waals surface area contributed by atoms with Crippen LogP contribution in [0.5, 0.6) is 0 Å². The number of aromatic nitrogens is 3. The predicted molar refractivity (Wildman–Crippen MR) is 113 cm³/mol. The molecule has 6 nitrogen and oxygen atoms in total. The van der Waals surface area contributed by atoms with Crippen molar-refractivity contribution in [2.75, 3.05) is 5.75 Å². The van der Waals surface area contributed by atoms with Crippen LogP contribution >= 0.6 is 11.8 Å². The molecule has 0 unspecified atom stereocenters. The number of nitrogens with zero attached hydrogens (tertiary/aromatic N) is 1. The summed E-state index contributed by atoms with van der Waals surface area (Å²) < 4.78 is 0. The van der Waals surface area contributed by atoms with E-state index in [9.17, 15) is 9.59 Å². The third-order valence-electron chi connectivity index (χ3n) is 5.23. The number of carbonyl (C=O) groups is 1. The lowest BCUT2D eigenvalue weighted by atomic mass is 9.77. The Morgan fingerprint density at radius 3 is 2.64 bits per heavy atom. The first-order chi connectivity index (χ1) is 13.6. The van der Waals surface area contributed by atoms with E-state index in [0.29, 0.717) is 11.4 Å². The molecule has 0 atom stereocenters. The van der Waals surface area contributed by atoms with E-state index in [0.717, 1.165) is 29.5 Å². The van der Waals surface area contributed by atoms with Crippen LogP contribution in [0.4, 0.5) is 0 Å². The van der Waals surface area contributed by atoms with Gasteiger partial charge < -0.3 is 10.7 Å². The van der Waals surface area contributed by atoms with Gasteiger partial charge in [0.1, 0.15) is 5.56 Å². The van der Waals surface area contributed by atoms with Crippen LogP contribution < -0.4 is 11.3 Å². The zero-order valence-electron chi connectivity index (χ0n) is 15.4. The van der Waals surface area contributed by atoms with E-state index in [4.69, 9.17) is 5.73 Å². The number of primary amides is 1. The van der Waals surface area contributed by atoms with E-state index in [2.05, 4.69) is 32.7 Å². The Balaban J connectivity index is 0.000000336. The summed E-state index contributed by atoms with van der Waals surface area (Å²) in [5, 5.41) is 9.95. The first kappa shape index (κ1) is 18.6. The Hall–Kier alpha value is -2.80. The Morgan fingerprint density at radius 2 is 2.11 bits per heavy atom. The lowest BCUT2D eigenvalue weighted by molar-refractivity contribution is 0.0999. The SMILES string of the molecule is C1=CSCC1.NC(=O)c1cc2ccc(C3CCC3)c(-c3ccn[nH]3)c2[nH]c1=O. The number of amides is 1. The van der Waals surface area contributed by atoms with E-state index in [1.807, 2.05) is 23.9 Å². The summed E-state index contributed by atoms with van der Waals surface area (Å²) in [5.74, 6) is 1.08. The number of nitrogens with one attached hydrogen (secondary N) is 2. The molecule has 4 N–H and O–H groups in total. The van der Waals surface area contributed by atoms with Gasteiger partial charge in [-0.2, -0.15) is 5.10 Å². The second kappa shape index (κ2) is 8.06.